The molecule has 0 unspecified atom stereocenters. The van der Waals surface area contributed by atoms with E-state index in [0.29, 0.717) is 48.4 Å². The van der Waals surface area contributed by atoms with Crippen LogP contribution in [0, 0.1) is 0 Å². The second kappa shape index (κ2) is 10.9. The van der Waals surface area contributed by atoms with E-state index in [-0.39, 0.29) is 0 Å². The van der Waals surface area contributed by atoms with Gasteiger partial charge in [-0.1, -0.05) is 6.08 Å². The highest BCUT2D eigenvalue weighted by Gasteiger charge is 2.33. The molecule has 2 aromatic rings. The van der Waals surface area contributed by atoms with Crippen LogP contribution in [0.2, 0.25) is 0 Å². The fraction of sp³-hybridized carbons (Fsp3) is 0.400. The summed E-state index contributed by atoms with van der Waals surface area (Å²) in [6, 6.07) is 3.87. The molecule has 0 atom stereocenters. The first kappa shape index (κ1) is 23.5. The van der Waals surface area contributed by atoms with E-state index in [4.69, 9.17) is 9.47 Å². The molecule has 1 heterocycles. The number of aromatic nitrogens is 1. The molecule has 164 valence electrons. The van der Waals surface area contributed by atoms with Gasteiger partial charge in [-0.2, -0.15) is 13.2 Å². The zero-order chi connectivity index (χ0) is 22.1. The summed E-state index contributed by atoms with van der Waals surface area (Å²) in [7, 11) is 4.79. The Balaban J connectivity index is 1.94. The van der Waals surface area contributed by atoms with Gasteiger partial charge in [-0.05, 0) is 24.1 Å². The normalized spacial score (nSPS) is 11.9. The largest absolute Gasteiger partial charge is 0.493 e. The van der Waals surface area contributed by atoms with Crippen LogP contribution in [-0.4, -0.2) is 38.8 Å². The van der Waals surface area contributed by atoms with Gasteiger partial charge in [0.25, 0.3) is 0 Å². The van der Waals surface area contributed by atoms with Gasteiger partial charge in [-0.3, -0.25) is 4.99 Å². The first-order valence-corrected chi connectivity index (χ1v) is 10.0. The molecule has 0 amide bonds. The summed E-state index contributed by atoms with van der Waals surface area (Å²) in [6.07, 6.45) is -1.63. The Bertz CT molecular complexity index is 881. The highest BCUT2D eigenvalue weighted by atomic mass is 32.1. The Labute approximate surface area is 177 Å². The zero-order valence-electron chi connectivity index (χ0n) is 17.1. The predicted molar refractivity (Wildman–Crippen MR) is 112 cm³/mol. The molecule has 2 rings (SSSR count). The molecular weight excluding hydrogens is 417 g/mol. The topological polar surface area (TPSA) is 67.8 Å². The summed E-state index contributed by atoms with van der Waals surface area (Å²) in [5, 5.41) is 7.70. The molecule has 0 aliphatic carbocycles. The first-order chi connectivity index (χ1) is 14.3. The number of benzene rings is 1. The van der Waals surface area contributed by atoms with E-state index in [0.717, 1.165) is 27.8 Å². The highest BCUT2D eigenvalue weighted by Crippen LogP contribution is 2.33. The number of nitrogens with one attached hydrogen (secondary N) is 2. The molecule has 10 heteroatoms. The number of allylic oxidation sites excluding steroid dienone is 1. The lowest BCUT2D eigenvalue weighted by molar-refractivity contribution is -0.140. The molecule has 0 radical (unpaired) electrons. The van der Waals surface area contributed by atoms with Crippen LogP contribution in [0.5, 0.6) is 11.5 Å². The van der Waals surface area contributed by atoms with Crippen molar-refractivity contribution in [3.8, 4) is 11.5 Å². The van der Waals surface area contributed by atoms with E-state index < -0.39 is 11.9 Å². The number of alkyl halides is 3. The van der Waals surface area contributed by atoms with Crippen molar-refractivity contribution in [2.75, 3.05) is 27.8 Å². The van der Waals surface area contributed by atoms with Crippen LogP contribution in [0.25, 0.3) is 0 Å². The number of aliphatic imine (C=N–C) groups is 1. The Morgan fingerprint density at radius 2 is 2.03 bits per heavy atom. The first-order valence-electron chi connectivity index (χ1n) is 9.13. The minimum Gasteiger partial charge on any atom is -0.493 e. The van der Waals surface area contributed by atoms with Crippen molar-refractivity contribution in [1.29, 1.82) is 0 Å². The second-order valence-corrected chi connectivity index (χ2v) is 7.15. The third-order valence-corrected chi connectivity index (χ3v) is 5.05. The zero-order valence-corrected chi connectivity index (χ0v) is 17.9. The molecule has 6 nitrogen and oxygen atoms in total. The summed E-state index contributed by atoms with van der Waals surface area (Å²) in [5.74, 6) is 1.83. The van der Waals surface area contributed by atoms with Gasteiger partial charge < -0.3 is 20.1 Å². The average Bonchev–Trinajstić information content (AvgIpc) is 3.19. The maximum absolute atomic E-state index is 12.6. The van der Waals surface area contributed by atoms with E-state index in [2.05, 4.69) is 27.2 Å². The fourth-order valence-electron chi connectivity index (χ4n) is 2.77. The van der Waals surface area contributed by atoms with Crippen molar-refractivity contribution in [3.63, 3.8) is 0 Å². The lowest BCUT2D eigenvalue weighted by Crippen LogP contribution is -2.37. The fourth-order valence-corrected chi connectivity index (χ4v) is 3.57. The summed E-state index contributed by atoms with van der Waals surface area (Å²) in [5.41, 5.74) is 1.06. The van der Waals surface area contributed by atoms with Crippen LogP contribution in [0.1, 0.15) is 21.8 Å². The van der Waals surface area contributed by atoms with Crippen LogP contribution in [-0.2, 0) is 25.6 Å². The smallest absolute Gasteiger partial charge is 0.434 e. The van der Waals surface area contributed by atoms with E-state index in [9.17, 15) is 13.2 Å². The van der Waals surface area contributed by atoms with Crippen LogP contribution in [0.3, 0.4) is 0 Å². The minimum absolute atomic E-state index is 0.362. The molecule has 0 saturated heterocycles. The molecule has 1 aromatic heterocycles. The maximum atomic E-state index is 12.6. The SMILES string of the molecule is C=CCc1cc(CNC(=NC)NCCc2nc(C(F)(F)F)cs2)cc(OC)c1OC. The van der Waals surface area contributed by atoms with E-state index in [1.54, 1.807) is 27.3 Å². The number of thiazole rings is 1. The molecule has 0 spiro atoms. The Hall–Kier alpha value is -2.75. The number of methoxy groups -OCH3 is 2. The Morgan fingerprint density at radius 1 is 1.27 bits per heavy atom. The quantitative estimate of drug-likeness (QED) is 0.351. The molecule has 0 fully saturated rings. The third-order valence-electron chi connectivity index (χ3n) is 4.14. The summed E-state index contributed by atoms with van der Waals surface area (Å²) >= 11 is 0.994. The maximum Gasteiger partial charge on any atom is 0.434 e. The monoisotopic (exact) mass is 442 g/mol. The van der Waals surface area contributed by atoms with Crippen molar-refractivity contribution in [3.05, 3.63) is 52.0 Å². The predicted octanol–water partition coefficient (Wildman–Crippen LogP) is 3.82. The number of hydrogen-bond acceptors (Lipinski definition) is 5. The summed E-state index contributed by atoms with van der Waals surface area (Å²) < 4.78 is 48.7. The number of rotatable bonds is 9. The molecule has 0 aliphatic rings. The van der Waals surface area contributed by atoms with Crippen LogP contribution in [0.15, 0.2) is 35.2 Å². The molecule has 30 heavy (non-hydrogen) atoms. The highest BCUT2D eigenvalue weighted by molar-refractivity contribution is 7.09. The molecule has 0 bridgehead atoms. The van der Waals surface area contributed by atoms with Gasteiger partial charge in [0, 0.05) is 37.5 Å². The summed E-state index contributed by atoms with van der Waals surface area (Å²) in [6.45, 7) is 4.64. The van der Waals surface area contributed by atoms with Gasteiger partial charge in [0.05, 0.1) is 19.2 Å². The number of hydrogen-bond donors (Lipinski definition) is 2. The second-order valence-electron chi connectivity index (χ2n) is 6.21. The number of halogens is 3. The average molecular weight is 443 g/mol. The van der Waals surface area contributed by atoms with E-state index in [1.807, 2.05) is 12.1 Å². The van der Waals surface area contributed by atoms with Gasteiger partial charge >= 0.3 is 6.18 Å². The number of guanidine groups is 1. The lowest BCUT2D eigenvalue weighted by atomic mass is 10.1. The van der Waals surface area contributed by atoms with Crippen molar-refractivity contribution in [1.82, 2.24) is 15.6 Å². The number of nitrogens with zero attached hydrogens (tertiary/aromatic N) is 2. The van der Waals surface area contributed by atoms with Gasteiger partial charge in [-0.25, -0.2) is 4.98 Å². The summed E-state index contributed by atoms with van der Waals surface area (Å²) in [4.78, 5) is 7.76. The van der Waals surface area contributed by atoms with Crippen LogP contribution >= 0.6 is 11.3 Å². The van der Waals surface area contributed by atoms with Crippen LogP contribution < -0.4 is 20.1 Å². The van der Waals surface area contributed by atoms with Crippen molar-refractivity contribution >= 4 is 17.3 Å². The van der Waals surface area contributed by atoms with Crippen molar-refractivity contribution in [2.45, 2.75) is 25.6 Å². The molecule has 0 aliphatic heterocycles. The molecule has 2 N–H and O–H groups in total. The molecule has 1 aromatic carbocycles. The van der Waals surface area contributed by atoms with Gasteiger partial charge in [0.15, 0.2) is 23.2 Å². The van der Waals surface area contributed by atoms with E-state index >= 15 is 0 Å². The lowest BCUT2D eigenvalue weighted by Gasteiger charge is -2.16. The van der Waals surface area contributed by atoms with Crippen LogP contribution in [0.4, 0.5) is 13.2 Å². The minimum atomic E-state index is -4.41. The van der Waals surface area contributed by atoms with Gasteiger partial charge in [0.1, 0.15) is 0 Å². The van der Waals surface area contributed by atoms with Crippen molar-refractivity contribution in [2.24, 2.45) is 4.99 Å². The van der Waals surface area contributed by atoms with Crippen molar-refractivity contribution < 1.29 is 22.6 Å². The van der Waals surface area contributed by atoms with Gasteiger partial charge in [-0.15, -0.1) is 17.9 Å². The van der Waals surface area contributed by atoms with E-state index in [1.165, 1.54) is 0 Å². The van der Waals surface area contributed by atoms with Gasteiger partial charge in [0.2, 0.25) is 0 Å². The number of ether oxygens (including phenoxy) is 2. The Kier molecular flexibility index (Phi) is 8.52. The standard InChI is InChI=1S/C20H25F3N4O2S/c1-5-6-14-9-13(10-15(28-3)18(14)29-4)11-26-19(24-2)25-8-7-17-27-16(12-30-17)20(21,22)23/h5,9-10,12H,1,6-8,11H2,2-4H3,(H2,24,25,26). The Morgan fingerprint density at radius 3 is 2.60 bits per heavy atom. The molecular formula is C20H25F3N4O2S. The third kappa shape index (κ3) is 6.38. The molecule has 0 saturated carbocycles.